The Morgan fingerprint density at radius 1 is 1.29 bits per heavy atom. The molecule has 0 aromatic heterocycles. The summed E-state index contributed by atoms with van der Waals surface area (Å²) in [7, 11) is 0. The molecule has 0 aliphatic rings. The molecule has 2 atom stereocenters. The van der Waals surface area contributed by atoms with E-state index >= 15 is 0 Å². The van der Waals surface area contributed by atoms with E-state index in [-0.39, 0.29) is 0 Å². The summed E-state index contributed by atoms with van der Waals surface area (Å²) >= 11 is -0.716. The fraction of sp³-hybridized carbons (Fsp3) is 0.500. The molecule has 2 unspecified atom stereocenters. The van der Waals surface area contributed by atoms with Crippen LogP contribution in [-0.2, 0) is 16.9 Å². The summed E-state index contributed by atoms with van der Waals surface area (Å²) in [6.07, 6.45) is 2.17. The van der Waals surface area contributed by atoms with E-state index < -0.39 is 11.2 Å². The van der Waals surface area contributed by atoms with Crippen molar-refractivity contribution in [3.05, 3.63) is 35.9 Å². The zero-order valence-electron chi connectivity index (χ0n) is 8.90. The van der Waals surface area contributed by atoms with E-state index in [2.05, 4.69) is 13.8 Å². The lowest BCUT2D eigenvalue weighted by Gasteiger charge is -2.17. The standard InChI is InChI=1S/C12H18OS/c1-3-7-11(2)14(13)10-12-8-5-4-6-9-12/h4-6,8-9,11H,3,7,10H2,1-2H3. The van der Waals surface area contributed by atoms with Crippen molar-refractivity contribution in [3.8, 4) is 0 Å². The Kier molecular flexibility index (Phi) is 5.05. The molecule has 0 saturated heterocycles. The summed E-state index contributed by atoms with van der Waals surface area (Å²) in [5.41, 5.74) is 1.17. The van der Waals surface area contributed by atoms with Gasteiger partial charge in [-0.25, -0.2) is 0 Å². The van der Waals surface area contributed by atoms with E-state index in [1.807, 2.05) is 30.3 Å². The van der Waals surface area contributed by atoms with E-state index in [0.717, 1.165) is 12.8 Å². The molecule has 0 bridgehead atoms. The van der Waals surface area contributed by atoms with Gasteiger partial charge in [0.05, 0.1) is 0 Å². The third-order valence-electron chi connectivity index (χ3n) is 2.30. The van der Waals surface area contributed by atoms with Gasteiger partial charge >= 0.3 is 0 Å². The van der Waals surface area contributed by atoms with Crippen molar-refractivity contribution in [2.45, 2.75) is 37.7 Å². The van der Waals surface area contributed by atoms with E-state index in [1.165, 1.54) is 5.56 Å². The van der Waals surface area contributed by atoms with Gasteiger partial charge in [-0.05, 0) is 24.5 Å². The highest BCUT2D eigenvalue weighted by atomic mass is 32.2. The maximum atomic E-state index is 11.8. The van der Waals surface area contributed by atoms with Gasteiger partial charge in [0.1, 0.15) is 11.0 Å². The molecule has 0 amide bonds. The van der Waals surface area contributed by atoms with Crippen LogP contribution in [-0.4, -0.2) is 9.80 Å². The monoisotopic (exact) mass is 210 g/mol. The first-order valence-electron chi connectivity index (χ1n) is 5.15. The Morgan fingerprint density at radius 3 is 2.50 bits per heavy atom. The van der Waals surface area contributed by atoms with Crippen LogP contribution < -0.4 is 0 Å². The van der Waals surface area contributed by atoms with Gasteiger partial charge in [-0.15, -0.1) is 0 Å². The molecule has 0 radical (unpaired) electrons. The summed E-state index contributed by atoms with van der Waals surface area (Å²) in [4.78, 5) is 0. The average molecular weight is 210 g/mol. The SMILES string of the molecule is CCCC(C)[S+]([O-])Cc1ccccc1. The van der Waals surface area contributed by atoms with Crippen LogP contribution in [0.2, 0.25) is 0 Å². The highest BCUT2D eigenvalue weighted by Gasteiger charge is 2.15. The maximum Gasteiger partial charge on any atom is 0.130 e. The van der Waals surface area contributed by atoms with Crippen LogP contribution in [0.25, 0.3) is 0 Å². The molecule has 1 rings (SSSR count). The second-order valence-electron chi connectivity index (χ2n) is 3.61. The molecule has 14 heavy (non-hydrogen) atoms. The lowest BCUT2D eigenvalue weighted by Crippen LogP contribution is -2.19. The minimum Gasteiger partial charge on any atom is -0.616 e. The molecule has 1 nitrogen and oxygen atoms in total. The average Bonchev–Trinajstić information content (AvgIpc) is 2.19. The normalized spacial score (nSPS) is 15.1. The summed E-state index contributed by atoms with van der Waals surface area (Å²) in [5.74, 6) is 0.696. The van der Waals surface area contributed by atoms with Gasteiger partial charge in [0.2, 0.25) is 0 Å². The molecule has 1 aromatic rings. The van der Waals surface area contributed by atoms with Crippen LogP contribution in [0.4, 0.5) is 0 Å². The maximum absolute atomic E-state index is 11.8. The molecular formula is C12H18OS. The van der Waals surface area contributed by atoms with Crippen LogP contribution in [0, 0.1) is 0 Å². The Labute approximate surface area is 89.7 Å². The van der Waals surface area contributed by atoms with Gasteiger partial charge < -0.3 is 4.55 Å². The third kappa shape index (κ3) is 3.72. The molecule has 0 spiro atoms. The predicted octanol–water partition coefficient (Wildman–Crippen LogP) is 3.12. The molecule has 2 heteroatoms. The Hall–Kier alpha value is -0.470. The Bertz CT molecular complexity index is 248. The second kappa shape index (κ2) is 6.10. The first kappa shape index (κ1) is 11.6. The molecule has 78 valence electrons. The van der Waals surface area contributed by atoms with Crippen LogP contribution in [0.5, 0.6) is 0 Å². The number of hydrogen-bond acceptors (Lipinski definition) is 1. The van der Waals surface area contributed by atoms with Crippen molar-refractivity contribution in [2.75, 3.05) is 0 Å². The van der Waals surface area contributed by atoms with Gasteiger partial charge in [0, 0.05) is 5.56 Å². The Balaban J connectivity index is 2.44. The summed E-state index contributed by atoms with van der Waals surface area (Å²) in [6, 6.07) is 10.1. The molecule has 0 saturated carbocycles. The highest BCUT2D eigenvalue weighted by molar-refractivity contribution is 7.91. The molecule has 0 heterocycles. The summed E-state index contributed by atoms with van der Waals surface area (Å²) < 4.78 is 11.8. The predicted molar refractivity (Wildman–Crippen MR) is 62.7 cm³/mol. The molecule has 0 N–H and O–H groups in total. The minimum atomic E-state index is -0.716. The molecule has 0 aliphatic carbocycles. The van der Waals surface area contributed by atoms with Crippen molar-refractivity contribution in [2.24, 2.45) is 0 Å². The Morgan fingerprint density at radius 2 is 1.93 bits per heavy atom. The van der Waals surface area contributed by atoms with E-state index in [4.69, 9.17) is 0 Å². The van der Waals surface area contributed by atoms with Gasteiger partial charge in [-0.2, -0.15) is 0 Å². The van der Waals surface area contributed by atoms with Crippen molar-refractivity contribution < 1.29 is 4.55 Å². The summed E-state index contributed by atoms with van der Waals surface area (Å²) in [5, 5.41) is 0.320. The molecule has 1 aromatic carbocycles. The van der Waals surface area contributed by atoms with Crippen molar-refractivity contribution in [3.63, 3.8) is 0 Å². The van der Waals surface area contributed by atoms with Crippen molar-refractivity contribution >= 4 is 11.2 Å². The highest BCUT2D eigenvalue weighted by Crippen LogP contribution is 2.14. The van der Waals surface area contributed by atoms with Gasteiger partial charge in [0.15, 0.2) is 0 Å². The lowest BCUT2D eigenvalue weighted by molar-refractivity contribution is 0.574. The van der Waals surface area contributed by atoms with E-state index in [1.54, 1.807) is 0 Å². The van der Waals surface area contributed by atoms with Crippen molar-refractivity contribution in [1.29, 1.82) is 0 Å². The first-order chi connectivity index (χ1) is 6.74. The number of hydrogen-bond donors (Lipinski definition) is 0. The van der Waals surface area contributed by atoms with Crippen LogP contribution in [0.3, 0.4) is 0 Å². The van der Waals surface area contributed by atoms with Gasteiger partial charge in [0.25, 0.3) is 0 Å². The quantitative estimate of drug-likeness (QED) is 0.685. The second-order valence-corrected chi connectivity index (χ2v) is 5.46. The largest absolute Gasteiger partial charge is 0.616 e. The van der Waals surface area contributed by atoms with E-state index in [0.29, 0.717) is 11.0 Å². The van der Waals surface area contributed by atoms with Crippen LogP contribution >= 0.6 is 0 Å². The van der Waals surface area contributed by atoms with Gasteiger partial charge in [-0.3, -0.25) is 0 Å². The molecule has 0 fully saturated rings. The first-order valence-corrected chi connectivity index (χ1v) is 6.53. The van der Waals surface area contributed by atoms with Gasteiger partial charge in [-0.1, -0.05) is 43.7 Å². The smallest absolute Gasteiger partial charge is 0.130 e. The third-order valence-corrected chi connectivity index (χ3v) is 4.05. The van der Waals surface area contributed by atoms with E-state index in [9.17, 15) is 4.55 Å². The van der Waals surface area contributed by atoms with Crippen LogP contribution in [0.1, 0.15) is 32.3 Å². The fourth-order valence-corrected chi connectivity index (χ4v) is 2.72. The zero-order valence-corrected chi connectivity index (χ0v) is 9.72. The minimum absolute atomic E-state index is 0.320. The van der Waals surface area contributed by atoms with Crippen molar-refractivity contribution in [1.82, 2.24) is 0 Å². The molecular weight excluding hydrogens is 192 g/mol. The van der Waals surface area contributed by atoms with Crippen LogP contribution in [0.15, 0.2) is 30.3 Å². The topological polar surface area (TPSA) is 23.1 Å². The lowest BCUT2D eigenvalue weighted by atomic mass is 10.2. The number of benzene rings is 1. The molecule has 0 aliphatic heterocycles. The fourth-order valence-electron chi connectivity index (χ4n) is 1.42. The summed E-state index contributed by atoms with van der Waals surface area (Å²) in [6.45, 7) is 4.21. The zero-order chi connectivity index (χ0) is 10.4. The number of rotatable bonds is 5.